The third kappa shape index (κ3) is 3.43. The van der Waals surface area contributed by atoms with Gasteiger partial charge in [0, 0.05) is 23.6 Å². The van der Waals surface area contributed by atoms with E-state index in [0.29, 0.717) is 6.54 Å². The van der Waals surface area contributed by atoms with Gasteiger partial charge < -0.3 is 5.32 Å². The predicted octanol–water partition coefficient (Wildman–Crippen LogP) is 2.33. The van der Waals surface area contributed by atoms with E-state index in [2.05, 4.69) is 36.2 Å². The van der Waals surface area contributed by atoms with Gasteiger partial charge in [0.25, 0.3) is 0 Å². The highest BCUT2D eigenvalue weighted by Crippen LogP contribution is 2.46. The van der Waals surface area contributed by atoms with Crippen molar-refractivity contribution in [2.24, 2.45) is 5.41 Å². The van der Waals surface area contributed by atoms with Gasteiger partial charge in [-0.05, 0) is 12.8 Å². The molecule has 8 heteroatoms. The molecule has 6 nitrogen and oxygen atoms in total. The zero-order chi connectivity index (χ0) is 16.2. The normalized spacial score (nSPS) is 17.8. The van der Waals surface area contributed by atoms with Crippen molar-refractivity contribution in [1.82, 2.24) is 14.6 Å². The summed E-state index contributed by atoms with van der Waals surface area (Å²) in [4.78, 5) is 5.47. The quantitative estimate of drug-likeness (QED) is 0.902. The first-order chi connectivity index (χ1) is 10.1. The van der Waals surface area contributed by atoms with Crippen LogP contribution < -0.4 is 5.32 Å². The molecule has 0 spiro atoms. The summed E-state index contributed by atoms with van der Waals surface area (Å²) in [6.45, 7) is 7.03. The molecular formula is C14H22N4O2S2. The fraction of sp³-hybridized carbons (Fsp3) is 0.714. The molecule has 2 aromatic heterocycles. The molecule has 0 aliphatic heterocycles. The highest BCUT2D eigenvalue weighted by molar-refractivity contribution is 7.90. The Kier molecular flexibility index (Phi) is 3.52. The summed E-state index contributed by atoms with van der Waals surface area (Å²) in [6.07, 6.45) is 5.19. The Labute approximate surface area is 134 Å². The molecule has 1 aliphatic rings. The number of hydrogen-bond donors (Lipinski definition) is 1. The SMILES string of the molecule is CC(C)(C)c1cn2nc(NCC3(CS(C)(=O)=O)CC3)sc2n1. The molecule has 0 amide bonds. The average Bonchev–Trinajstić information content (AvgIpc) is 2.79. The molecule has 1 N–H and O–H groups in total. The predicted molar refractivity (Wildman–Crippen MR) is 89.4 cm³/mol. The van der Waals surface area contributed by atoms with Crippen LogP contribution in [-0.4, -0.2) is 41.6 Å². The number of anilines is 1. The molecule has 0 unspecified atom stereocenters. The zero-order valence-electron chi connectivity index (χ0n) is 13.4. The first kappa shape index (κ1) is 15.7. The van der Waals surface area contributed by atoms with Gasteiger partial charge in [0.15, 0.2) is 0 Å². The second-order valence-electron chi connectivity index (χ2n) is 7.43. The Morgan fingerprint density at radius 2 is 2.09 bits per heavy atom. The van der Waals surface area contributed by atoms with Gasteiger partial charge in [-0.3, -0.25) is 0 Å². The third-order valence-corrected chi connectivity index (χ3v) is 5.97. The van der Waals surface area contributed by atoms with Crippen LogP contribution in [0.2, 0.25) is 0 Å². The number of aromatic nitrogens is 3. The van der Waals surface area contributed by atoms with Gasteiger partial charge >= 0.3 is 0 Å². The summed E-state index contributed by atoms with van der Waals surface area (Å²) < 4.78 is 24.7. The van der Waals surface area contributed by atoms with Crippen LogP contribution in [0.5, 0.6) is 0 Å². The Morgan fingerprint density at radius 1 is 1.41 bits per heavy atom. The van der Waals surface area contributed by atoms with E-state index in [-0.39, 0.29) is 16.6 Å². The van der Waals surface area contributed by atoms with Gasteiger partial charge in [-0.15, -0.1) is 5.10 Å². The summed E-state index contributed by atoms with van der Waals surface area (Å²) in [5, 5.41) is 8.57. The van der Waals surface area contributed by atoms with Crippen molar-refractivity contribution in [1.29, 1.82) is 0 Å². The van der Waals surface area contributed by atoms with Crippen molar-refractivity contribution >= 4 is 31.3 Å². The fourth-order valence-corrected chi connectivity index (χ4v) is 4.78. The van der Waals surface area contributed by atoms with Crippen LogP contribution in [0.4, 0.5) is 5.13 Å². The first-order valence-corrected chi connectivity index (χ1v) is 10.2. The molecule has 0 radical (unpaired) electrons. The second kappa shape index (κ2) is 4.92. The lowest BCUT2D eigenvalue weighted by Crippen LogP contribution is -2.24. The average molecular weight is 342 g/mol. The monoisotopic (exact) mass is 342 g/mol. The summed E-state index contributed by atoms with van der Waals surface area (Å²) >= 11 is 1.50. The van der Waals surface area contributed by atoms with E-state index in [1.165, 1.54) is 17.6 Å². The molecule has 122 valence electrons. The summed E-state index contributed by atoms with van der Waals surface area (Å²) in [5.41, 5.74) is 0.931. The van der Waals surface area contributed by atoms with E-state index in [9.17, 15) is 8.42 Å². The van der Waals surface area contributed by atoms with Gasteiger partial charge in [0.1, 0.15) is 9.84 Å². The van der Waals surface area contributed by atoms with E-state index < -0.39 is 9.84 Å². The van der Waals surface area contributed by atoms with Crippen molar-refractivity contribution in [3.63, 3.8) is 0 Å². The molecule has 1 saturated carbocycles. The van der Waals surface area contributed by atoms with Crippen LogP contribution in [0.1, 0.15) is 39.3 Å². The Bertz CT molecular complexity index is 763. The largest absolute Gasteiger partial charge is 0.359 e. The van der Waals surface area contributed by atoms with Gasteiger partial charge in [-0.1, -0.05) is 32.1 Å². The highest BCUT2D eigenvalue weighted by atomic mass is 32.2. The zero-order valence-corrected chi connectivity index (χ0v) is 15.0. The van der Waals surface area contributed by atoms with Crippen LogP contribution in [0.25, 0.3) is 4.96 Å². The first-order valence-electron chi connectivity index (χ1n) is 7.35. The van der Waals surface area contributed by atoms with Crippen molar-refractivity contribution in [3.05, 3.63) is 11.9 Å². The Hall–Kier alpha value is -1.15. The smallest absolute Gasteiger partial charge is 0.214 e. The maximum atomic E-state index is 11.5. The highest BCUT2D eigenvalue weighted by Gasteiger charge is 2.45. The minimum absolute atomic E-state index is 0.00850. The van der Waals surface area contributed by atoms with Gasteiger partial charge in [0.05, 0.1) is 17.6 Å². The number of fused-ring (bicyclic) bond motifs is 1. The number of imidazole rings is 1. The maximum absolute atomic E-state index is 11.5. The maximum Gasteiger partial charge on any atom is 0.214 e. The molecule has 0 bridgehead atoms. The Balaban J connectivity index is 1.69. The molecule has 1 aliphatic carbocycles. The van der Waals surface area contributed by atoms with Gasteiger partial charge in [-0.2, -0.15) is 0 Å². The molecule has 22 heavy (non-hydrogen) atoms. The van der Waals surface area contributed by atoms with Crippen LogP contribution in [0.3, 0.4) is 0 Å². The van der Waals surface area contributed by atoms with E-state index in [1.54, 1.807) is 4.52 Å². The summed E-state index contributed by atoms with van der Waals surface area (Å²) in [5.74, 6) is 0.254. The molecule has 1 fully saturated rings. The van der Waals surface area contributed by atoms with Crippen LogP contribution in [0, 0.1) is 5.41 Å². The lowest BCUT2D eigenvalue weighted by atomic mass is 9.93. The number of nitrogens with one attached hydrogen (secondary N) is 1. The molecule has 3 rings (SSSR count). The molecule has 2 aromatic rings. The van der Waals surface area contributed by atoms with Crippen molar-refractivity contribution < 1.29 is 8.42 Å². The second-order valence-corrected chi connectivity index (χ2v) is 10.5. The number of hydrogen-bond acceptors (Lipinski definition) is 6. The topological polar surface area (TPSA) is 76.4 Å². The lowest BCUT2D eigenvalue weighted by molar-refractivity contribution is 0.560. The minimum Gasteiger partial charge on any atom is -0.359 e. The molecule has 0 saturated heterocycles. The van der Waals surface area contributed by atoms with Crippen LogP contribution in [0.15, 0.2) is 6.20 Å². The van der Waals surface area contributed by atoms with E-state index in [1.807, 2.05) is 6.20 Å². The Morgan fingerprint density at radius 3 is 2.59 bits per heavy atom. The van der Waals surface area contributed by atoms with Crippen molar-refractivity contribution in [2.75, 3.05) is 23.9 Å². The van der Waals surface area contributed by atoms with Gasteiger partial charge in [-0.25, -0.2) is 17.9 Å². The van der Waals surface area contributed by atoms with Crippen LogP contribution in [-0.2, 0) is 15.3 Å². The van der Waals surface area contributed by atoms with Crippen LogP contribution >= 0.6 is 11.3 Å². The summed E-state index contributed by atoms with van der Waals surface area (Å²) in [6, 6.07) is 0. The molecule has 0 aromatic carbocycles. The number of nitrogens with zero attached hydrogens (tertiary/aromatic N) is 3. The van der Waals surface area contributed by atoms with Gasteiger partial charge in [0.2, 0.25) is 10.1 Å². The lowest BCUT2D eigenvalue weighted by Gasteiger charge is -2.14. The number of rotatable bonds is 5. The molecule has 2 heterocycles. The standard InChI is InChI=1S/C14H22N4O2S2/c1-13(2,3)10-7-18-12(16-10)21-11(17-18)15-8-14(5-6-14)9-22(4,19)20/h7H,5-6,8-9H2,1-4H3,(H,15,17). The van der Waals surface area contributed by atoms with Crippen molar-refractivity contribution in [2.45, 2.75) is 39.0 Å². The minimum atomic E-state index is -2.93. The fourth-order valence-electron chi connectivity index (χ4n) is 2.50. The van der Waals surface area contributed by atoms with Crippen molar-refractivity contribution in [3.8, 4) is 0 Å². The van der Waals surface area contributed by atoms with E-state index in [4.69, 9.17) is 0 Å². The van der Waals surface area contributed by atoms with E-state index in [0.717, 1.165) is 28.6 Å². The van der Waals surface area contributed by atoms with E-state index >= 15 is 0 Å². The third-order valence-electron chi connectivity index (χ3n) is 3.95. The molecular weight excluding hydrogens is 320 g/mol. The molecule has 0 atom stereocenters. The number of sulfone groups is 1. The summed E-state index contributed by atoms with van der Waals surface area (Å²) in [7, 11) is -2.93.